The minimum absolute atomic E-state index is 0.0553. The number of halogens is 2. The molecule has 0 unspecified atom stereocenters. The summed E-state index contributed by atoms with van der Waals surface area (Å²) < 4.78 is 7.20. The third-order valence-corrected chi connectivity index (χ3v) is 4.33. The molecule has 3 rings (SSSR count). The molecule has 0 radical (unpaired) electrons. The van der Waals surface area contributed by atoms with Crippen LogP contribution in [0.3, 0.4) is 0 Å². The molecule has 0 bridgehead atoms. The summed E-state index contributed by atoms with van der Waals surface area (Å²) in [6.07, 6.45) is 1.49. The maximum absolute atomic E-state index is 11.5. The van der Waals surface area contributed by atoms with Crippen molar-refractivity contribution in [1.82, 2.24) is 0 Å². The van der Waals surface area contributed by atoms with Gasteiger partial charge in [0.05, 0.1) is 0 Å². The molecule has 0 saturated heterocycles. The van der Waals surface area contributed by atoms with Crippen LogP contribution in [-0.2, 0) is 0 Å². The minimum atomic E-state index is -1.08. The van der Waals surface area contributed by atoms with Crippen LogP contribution in [0, 0.1) is 0 Å². The summed E-state index contributed by atoms with van der Waals surface area (Å²) >= 11 is 6.78. The van der Waals surface area contributed by atoms with Crippen molar-refractivity contribution in [2.45, 2.75) is 0 Å². The molecule has 0 aliphatic heterocycles. The van der Waals surface area contributed by atoms with Gasteiger partial charge in [0.2, 0.25) is 5.76 Å². The van der Waals surface area contributed by atoms with Crippen LogP contribution in [0.25, 0.3) is 22.3 Å². The fourth-order valence-electron chi connectivity index (χ4n) is 2.26. The first-order valence-electron chi connectivity index (χ1n) is 6.43. The van der Waals surface area contributed by atoms with Crippen LogP contribution in [0.5, 0.6) is 0 Å². The second-order valence-electron chi connectivity index (χ2n) is 4.67. The molecule has 1 N–H and O–H groups in total. The van der Waals surface area contributed by atoms with Crippen molar-refractivity contribution >= 4 is 37.8 Å². The standard InChI is InChI=1S/C17H10Br2O3/c18-12-5-1-10(2-6-12)14-9-22-16(17(20)21)15(14)11-3-7-13(19)8-4-11/h1-9H,(H,20,21). The zero-order chi connectivity index (χ0) is 15.7. The molecule has 0 aliphatic carbocycles. The first-order valence-corrected chi connectivity index (χ1v) is 8.01. The van der Waals surface area contributed by atoms with Gasteiger partial charge in [0.15, 0.2) is 0 Å². The molecule has 0 spiro atoms. The van der Waals surface area contributed by atoms with E-state index in [-0.39, 0.29) is 5.76 Å². The zero-order valence-corrected chi connectivity index (χ0v) is 14.4. The van der Waals surface area contributed by atoms with Gasteiger partial charge in [0, 0.05) is 20.1 Å². The topological polar surface area (TPSA) is 50.4 Å². The first kappa shape index (κ1) is 15.1. The highest BCUT2D eigenvalue weighted by Crippen LogP contribution is 2.37. The van der Waals surface area contributed by atoms with Crippen LogP contribution < -0.4 is 0 Å². The van der Waals surface area contributed by atoms with Crippen molar-refractivity contribution in [1.29, 1.82) is 0 Å². The van der Waals surface area contributed by atoms with E-state index in [1.807, 2.05) is 48.5 Å². The van der Waals surface area contributed by atoms with Crippen molar-refractivity contribution in [3.05, 3.63) is 69.5 Å². The second-order valence-corrected chi connectivity index (χ2v) is 6.50. The Morgan fingerprint density at radius 1 is 0.864 bits per heavy atom. The van der Waals surface area contributed by atoms with Crippen LogP contribution in [-0.4, -0.2) is 11.1 Å². The summed E-state index contributed by atoms with van der Waals surface area (Å²) in [7, 11) is 0. The Balaban J connectivity index is 2.21. The zero-order valence-electron chi connectivity index (χ0n) is 11.2. The van der Waals surface area contributed by atoms with Gasteiger partial charge in [-0.1, -0.05) is 56.1 Å². The van der Waals surface area contributed by atoms with E-state index in [4.69, 9.17) is 4.42 Å². The molecule has 0 atom stereocenters. The Kier molecular flexibility index (Phi) is 4.18. The van der Waals surface area contributed by atoms with E-state index in [1.165, 1.54) is 6.26 Å². The number of hydrogen-bond acceptors (Lipinski definition) is 2. The summed E-state index contributed by atoms with van der Waals surface area (Å²) in [5.74, 6) is -1.14. The molecule has 0 saturated carbocycles. The van der Waals surface area contributed by atoms with E-state index >= 15 is 0 Å². The first-order chi connectivity index (χ1) is 10.6. The molecule has 3 aromatic rings. The van der Waals surface area contributed by atoms with Crippen molar-refractivity contribution in [2.75, 3.05) is 0 Å². The van der Waals surface area contributed by atoms with Crippen LogP contribution in [0.2, 0.25) is 0 Å². The lowest BCUT2D eigenvalue weighted by molar-refractivity contribution is 0.0663. The van der Waals surface area contributed by atoms with E-state index in [0.717, 1.165) is 25.6 Å². The summed E-state index contributed by atoms with van der Waals surface area (Å²) in [4.78, 5) is 11.5. The number of benzene rings is 2. The number of rotatable bonds is 3. The maximum Gasteiger partial charge on any atom is 0.372 e. The smallest absolute Gasteiger partial charge is 0.372 e. The van der Waals surface area contributed by atoms with Gasteiger partial charge in [0.25, 0.3) is 0 Å². The van der Waals surface area contributed by atoms with Gasteiger partial charge in [-0.25, -0.2) is 4.79 Å². The van der Waals surface area contributed by atoms with Gasteiger partial charge in [-0.2, -0.15) is 0 Å². The molecule has 1 aromatic heterocycles. The Labute approximate surface area is 143 Å². The lowest BCUT2D eigenvalue weighted by Crippen LogP contribution is -1.96. The van der Waals surface area contributed by atoms with Gasteiger partial charge >= 0.3 is 5.97 Å². The lowest BCUT2D eigenvalue weighted by atomic mass is 9.97. The molecule has 0 aliphatic rings. The van der Waals surface area contributed by atoms with Crippen molar-refractivity contribution in [3.63, 3.8) is 0 Å². The van der Waals surface area contributed by atoms with Crippen LogP contribution >= 0.6 is 31.9 Å². The maximum atomic E-state index is 11.5. The number of carboxylic acids is 1. The molecule has 5 heteroatoms. The van der Waals surface area contributed by atoms with Gasteiger partial charge in [-0.05, 0) is 35.4 Å². The highest BCUT2D eigenvalue weighted by molar-refractivity contribution is 9.10. The van der Waals surface area contributed by atoms with Gasteiger partial charge in [-0.3, -0.25) is 0 Å². The van der Waals surface area contributed by atoms with E-state index in [2.05, 4.69) is 31.9 Å². The predicted molar refractivity (Wildman–Crippen MR) is 91.9 cm³/mol. The number of hydrogen-bond donors (Lipinski definition) is 1. The normalized spacial score (nSPS) is 10.6. The Morgan fingerprint density at radius 3 is 1.86 bits per heavy atom. The summed E-state index contributed by atoms with van der Waals surface area (Å²) in [6.45, 7) is 0. The predicted octanol–water partition coefficient (Wildman–Crippen LogP) is 5.84. The molecule has 1 heterocycles. The molecular weight excluding hydrogens is 412 g/mol. The quantitative estimate of drug-likeness (QED) is 0.578. The Morgan fingerprint density at radius 2 is 1.36 bits per heavy atom. The van der Waals surface area contributed by atoms with E-state index in [9.17, 15) is 9.90 Å². The highest BCUT2D eigenvalue weighted by Gasteiger charge is 2.21. The van der Waals surface area contributed by atoms with Gasteiger partial charge < -0.3 is 9.52 Å². The Bertz CT molecular complexity index is 818. The fourth-order valence-corrected chi connectivity index (χ4v) is 2.79. The summed E-state index contributed by atoms with van der Waals surface area (Å²) in [6, 6.07) is 15.1. The molecule has 2 aromatic carbocycles. The highest BCUT2D eigenvalue weighted by atomic mass is 79.9. The monoisotopic (exact) mass is 420 g/mol. The molecule has 0 fully saturated rings. The van der Waals surface area contributed by atoms with E-state index in [0.29, 0.717) is 5.56 Å². The minimum Gasteiger partial charge on any atom is -0.475 e. The van der Waals surface area contributed by atoms with Crippen LogP contribution in [0.1, 0.15) is 10.6 Å². The summed E-state index contributed by atoms with van der Waals surface area (Å²) in [5.41, 5.74) is 3.04. The number of carbonyl (C=O) groups is 1. The van der Waals surface area contributed by atoms with E-state index in [1.54, 1.807) is 0 Å². The van der Waals surface area contributed by atoms with E-state index < -0.39 is 5.97 Å². The largest absolute Gasteiger partial charge is 0.475 e. The third-order valence-electron chi connectivity index (χ3n) is 3.27. The molecular formula is C17H10Br2O3. The van der Waals surface area contributed by atoms with Gasteiger partial charge in [-0.15, -0.1) is 0 Å². The van der Waals surface area contributed by atoms with Crippen molar-refractivity contribution in [3.8, 4) is 22.3 Å². The number of aromatic carboxylic acids is 1. The fraction of sp³-hybridized carbons (Fsp3) is 0. The average molecular weight is 422 g/mol. The SMILES string of the molecule is O=C(O)c1occ(-c2ccc(Br)cc2)c1-c1ccc(Br)cc1. The van der Waals surface area contributed by atoms with Crippen molar-refractivity contribution in [2.24, 2.45) is 0 Å². The Hall–Kier alpha value is -1.85. The molecule has 110 valence electrons. The average Bonchev–Trinajstić information content (AvgIpc) is 2.94. The molecule has 3 nitrogen and oxygen atoms in total. The van der Waals surface area contributed by atoms with Crippen LogP contribution in [0.15, 0.2) is 68.2 Å². The third kappa shape index (κ3) is 2.87. The number of furan rings is 1. The van der Waals surface area contributed by atoms with Gasteiger partial charge in [0.1, 0.15) is 6.26 Å². The molecule has 0 amide bonds. The van der Waals surface area contributed by atoms with Crippen molar-refractivity contribution < 1.29 is 14.3 Å². The second kappa shape index (κ2) is 6.10. The van der Waals surface area contributed by atoms with Crippen LogP contribution in [0.4, 0.5) is 0 Å². The number of carboxylic acid groups (broad SMARTS) is 1. The lowest BCUT2D eigenvalue weighted by Gasteiger charge is -2.05. The molecule has 22 heavy (non-hydrogen) atoms. The summed E-state index contributed by atoms with van der Waals surface area (Å²) in [5, 5.41) is 9.38.